The highest BCUT2D eigenvalue weighted by Crippen LogP contribution is 2.28. The summed E-state index contributed by atoms with van der Waals surface area (Å²) in [6, 6.07) is 5.55. The molecule has 0 spiro atoms. The van der Waals surface area contributed by atoms with Gasteiger partial charge in [-0.15, -0.1) is 0 Å². The number of piperidine rings is 1. The van der Waals surface area contributed by atoms with E-state index >= 15 is 0 Å². The van der Waals surface area contributed by atoms with Crippen LogP contribution < -0.4 is 16.7 Å². The number of hydrogen-bond acceptors (Lipinski definition) is 12. The van der Waals surface area contributed by atoms with Gasteiger partial charge in [0.05, 0.1) is 17.7 Å². The second kappa shape index (κ2) is 9.90. The maximum absolute atomic E-state index is 12.2. The molecule has 2 fully saturated rings. The summed E-state index contributed by atoms with van der Waals surface area (Å²) in [5, 5.41) is 30.2. The third-order valence-corrected chi connectivity index (χ3v) is 5.88. The van der Waals surface area contributed by atoms with E-state index in [1.54, 1.807) is 24.3 Å². The Morgan fingerprint density at radius 2 is 1.69 bits per heavy atom. The molecule has 2 aromatic rings. The summed E-state index contributed by atoms with van der Waals surface area (Å²) in [7, 11) is 0. The minimum atomic E-state index is -1.35. The van der Waals surface area contributed by atoms with Gasteiger partial charge in [0, 0.05) is 6.42 Å². The van der Waals surface area contributed by atoms with Crippen molar-refractivity contribution in [3.8, 4) is 0 Å². The lowest BCUT2D eigenvalue weighted by Gasteiger charge is -2.27. The number of nitrogens with zero attached hydrogens (tertiary/aromatic N) is 4. The smallest absolute Gasteiger partial charge is 0.354 e. The quantitative estimate of drug-likeness (QED) is 0.263. The molecule has 0 aliphatic carbocycles. The molecule has 4 amide bonds. The van der Waals surface area contributed by atoms with E-state index in [4.69, 9.17) is 15.6 Å². The molecule has 6 N–H and O–H groups in total. The molecular formula is C21H22N6O9. The first-order valence-corrected chi connectivity index (χ1v) is 10.8. The molecule has 1 unspecified atom stereocenters. The number of nitrogen functional groups attached to an aromatic ring is 1. The molecule has 5 rings (SSSR count). The fourth-order valence-corrected chi connectivity index (χ4v) is 4.06. The van der Waals surface area contributed by atoms with Gasteiger partial charge in [-0.1, -0.05) is 12.1 Å². The largest absolute Gasteiger partial charge is 0.394 e. The van der Waals surface area contributed by atoms with Crippen LogP contribution in [0, 0.1) is 0 Å². The number of aliphatic hydroxyl groups is 3. The van der Waals surface area contributed by atoms with Gasteiger partial charge in [0.1, 0.15) is 30.7 Å². The molecule has 36 heavy (non-hydrogen) atoms. The summed E-state index contributed by atoms with van der Waals surface area (Å²) in [4.78, 5) is 66.6. The average Bonchev–Trinajstić information content (AvgIpc) is 3.27. The third-order valence-electron chi connectivity index (χ3n) is 5.88. The zero-order valence-electron chi connectivity index (χ0n) is 18.6. The van der Waals surface area contributed by atoms with Gasteiger partial charge in [0.25, 0.3) is 11.8 Å². The second-order valence-electron chi connectivity index (χ2n) is 8.13. The summed E-state index contributed by atoms with van der Waals surface area (Å²) in [6.45, 7) is -0.473. The SMILES string of the molecule is Nc1ncn([C@@H]2O[C@H](CO)[C@@H](O)[C@H]2O)c(=O)n1.O=C1CCC(N2C(=O)c3ccccc3C2=O)C(=O)N1. The molecular weight excluding hydrogens is 480 g/mol. The Kier molecular flexibility index (Phi) is 6.89. The highest BCUT2D eigenvalue weighted by Gasteiger charge is 2.45. The van der Waals surface area contributed by atoms with Crippen LogP contribution in [0.4, 0.5) is 5.95 Å². The molecule has 0 radical (unpaired) electrons. The van der Waals surface area contributed by atoms with E-state index in [1.807, 2.05) is 0 Å². The van der Waals surface area contributed by atoms with E-state index in [1.165, 1.54) is 0 Å². The van der Waals surface area contributed by atoms with E-state index in [9.17, 15) is 34.2 Å². The first-order valence-electron chi connectivity index (χ1n) is 10.8. The van der Waals surface area contributed by atoms with Gasteiger partial charge < -0.3 is 25.8 Å². The summed E-state index contributed by atoms with van der Waals surface area (Å²) in [5.74, 6) is -2.12. The lowest BCUT2D eigenvalue weighted by Crippen LogP contribution is -2.54. The van der Waals surface area contributed by atoms with Crippen molar-refractivity contribution in [3.05, 3.63) is 52.2 Å². The Labute approximate surface area is 202 Å². The number of nitrogens with two attached hydrogens (primary N) is 1. The van der Waals surface area contributed by atoms with Crippen LogP contribution in [0.1, 0.15) is 39.8 Å². The van der Waals surface area contributed by atoms with Crippen molar-refractivity contribution in [3.63, 3.8) is 0 Å². The normalized spacial score (nSPS) is 27.4. The molecule has 190 valence electrons. The Morgan fingerprint density at radius 3 is 2.22 bits per heavy atom. The monoisotopic (exact) mass is 502 g/mol. The number of imide groups is 2. The fraction of sp³-hybridized carbons (Fsp3) is 0.381. The van der Waals surface area contributed by atoms with E-state index in [2.05, 4.69) is 15.3 Å². The number of hydrogen-bond donors (Lipinski definition) is 5. The molecule has 1 aromatic heterocycles. The van der Waals surface area contributed by atoms with Crippen molar-refractivity contribution in [2.45, 2.75) is 43.4 Å². The Morgan fingerprint density at radius 1 is 1.06 bits per heavy atom. The first-order chi connectivity index (χ1) is 17.1. The maximum Gasteiger partial charge on any atom is 0.354 e. The van der Waals surface area contributed by atoms with Gasteiger partial charge in [0.15, 0.2) is 6.23 Å². The summed E-state index contributed by atoms with van der Waals surface area (Å²) >= 11 is 0. The van der Waals surface area contributed by atoms with Gasteiger partial charge in [-0.2, -0.15) is 4.98 Å². The average molecular weight is 502 g/mol. The van der Waals surface area contributed by atoms with Crippen LogP contribution in [0.5, 0.6) is 0 Å². The van der Waals surface area contributed by atoms with Crippen molar-refractivity contribution in [1.29, 1.82) is 0 Å². The van der Waals surface area contributed by atoms with Crippen molar-refractivity contribution < 1.29 is 39.2 Å². The lowest BCUT2D eigenvalue weighted by molar-refractivity contribution is -0.136. The maximum atomic E-state index is 12.2. The van der Waals surface area contributed by atoms with Crippen molar-refractivity contribution in [1.82, 2.24) is 24.8 Å². The second-order valence-corrected chi connectivity index (χ2v) is 8.13. The zero-order valence-corrected chi connectivity index (χ0v) is 18.6. The lowest BCUT2D eigenvalue weighted by atomic mass is 10.0. The molecule has 0 bridgehead atoms. The molecule has 4 heterocycles. The number of nitrogens with one attached hydrogen (secondary N) is 1. The van der Waals surface area contributed by atoms with Gasteiger partial charge in [-0.05, 0) is 18.6 Å². The number of rotatable bonds is 3. The predicted octanol–water partition coefficient (Wildman–Crippen LogP) is -3.08. The van der Waals surface area contributed by atoms with Crippen molar-refractivity contribution in [2.75, 3.05) is 12.3 Å². The number of ether oxygens (including phenoxy) is 1. The Bertz CT molecular complexity index is 1250. The topological polar surface area (TPSA) is 227 Å². The van der Waals surface area contributed by atoms with Crippen LogP contribution in [0.15, 0.2) is 35.4 Å². The van der Waals surface area contributed by atoms with Crippen LogP contribution >= 0.6 is 0 Å². The highest BCUT2D eigenvalue weighted by atomic mass is 16.6. The van der Waals surface area contributed by atoms with Crippen LogP contribution in [0.3, 0.4) is 0 Å². The number of amides is 4. The number of anilines is 1. The van der Waals surface area contributed by atoms with Gasteiger partial charge in [-0.3, -0.25) is 34.0 Å². The summed E-state index contributed by atoms with van der Waals surface area (Å²) < 4.78 is 6.04. The number of aromatic nitrogens is 3. The third kappa shape index (κ3) is 4.47. The van der Waals surface area contributed by atoms with Gasteiger partial charge >= 0.3 is 5.69 Å². The number of carbonyl (C=O) groups is 4. The minimum Gasteiger partial charge on any atom is -0.394 e. The fourth-order valence-electron chi connectivity index (χ4n) is 4.06. The van der Waals surface area contributed by atoms with E-state index in [0.717, 1.165) is 15.8 Å². The van der Waals surface area contributed by atoms with E-state index in [-0.39, 0.29) is 24.7 Å². The molecule has 1 aromatic carbocycles. The molecule has 15 heteroatoms. The molecule has 3 aliphatic heterocycles. The molecule has 2 saturated heterocycles. The van der Waals surface area contributed by atoms with Crippen molar-refractivity contribution >= 4 is 29.6 Å². The summed E-state index contributed by atoms with van der Waals surface area (Å²) in [6.07, 6.45) is -3.37. The number of aliphatic hydroxyl groups excluding tert-OH is 3. The van der Waals surface area contributed by atoms with Gasteiger partial charge in [-0.25, -0.2) is 9.78 Å². The van der Waals surface area contributed by atoms with Crippen LogP contribution in [-0.2, 0) is 14.3 Å². The predicted molar refractivity (Wildman–Crippen MR) is 117 cm³/mol. The Balaban J connectivity index is 0.000000170. The van der Waals surface area contributed by atoms with Crippen molar-refractivity contribution in [2.24, 2.45) is 0 Å². The number of carbonyl (C=O) groups excluding carboxylic acids is 4. The number of fused-ring (bicyclic) bond motifs is 1. The first kappa shape index (κ1) is 25.1. The van der Waals surface area contributed by atoms with Crippen LogP contribution in [0.2, 0.25) is 0 Å². The minimum absolute atomic E-state index is 0.129. The zero-order chi connectivity index (χ0) is 26.1. The molecule has 3 aliphatic rings. The highest BCUT2D eigenvalue weighted by molar-refractivity contribution is 6.23. The molecule has 5 atom stereocenters. The summed E-state index contributed by atoms with van der Waals surface area (Å²) in [5.41, 5.74) is 5.06. The van der Waals surface area contributed by atoms with E-state index < -0.39 is 60.6 Å². The van der Waals surface area contributed by atoms with E-state index in [0.29, 0.717) is 11.1 Å². The number of benzene rings is 1. The Hall–Kier alpha value is -4.05. The van der Waals surface area contributed by atoms with Crippen LogP contribution in [-0.4, -0.2) is 89.3 Å². The molecule has 15 nitrogen and oxygen atoms in total. The van der Waals surface area contributed by atoms with Gasteiger partial charge in [0.2, 0.25) is 17.8 Å². The molecule has 0 saturated carbocycles. The van der Waals surface area contributed by atoms with Crippen LogP contribution in [0.25, 0.3) is 0 Å². The standard InChI is InChI=1S/C13H10N2O4.C8H12N4O5/c16-10-6-5-9(11(17)14-10)15-12(18)7-3-1-2-4-8(7)13(15)19;9-7-10-2-12(8(16)11-7)6-5(15)4(14)3(1-13)17-6/h1-4,9H,5-6H2,(H,14,16,17);2-6,13-15H,1H2,(H2,9,11,16)/t;3-,4-,5-,6-/m.1/s1.